The number of rotatable bonds is 7. The molecule has 3 saturated carbocycles. The molecule has 0 aromatic heterocycles. The second-order valence-corrected chi connectivity index (χ2v) is 11.5. The third kappa shape index (κ3) is 4.48. The summed E-state index contributed by atoms with van der Waals surface area (Å²) in [6.07, 6.45) is 4.13. The SMILES string of the molecule is CC1(C)C2CCC(NC(=O)CCSc3cc(-c4ccccc4)c(O)c(-c4ccccc4)c3)C1C2. The van der Waals surface area contributed by atoms with Crippen molar-refractivity contribution in [1.29, 1.82) is 0 Å². The number of fused-ring (bicyclic) bond motifs is 2. The third-order valence-corrected chi connectivity index (χ3v) is 9.03. The standard InChI is InChI=1S/C30H33NO2S/c1-30(2)22-13-14-27(26(30)17-22)31-28(32)15-16-34-23-18-24(20-9-5-3-6-10-20)29(33)25(19-23)21-11-7-4-8-12-21/h3-12,18-19,22,26-27,33H,13-17H2,1-2H3,(H,31,32). The van der Waals surface area contributed by atoms with Gasteiger partial charge in [0.25, 0.3) is 0 Å². The number of amides is 1. The van der Waals surface area contributed by atoms with E-state index in [1.165, 1.54) is 12.8 Å². The van der Waals surface area contributed by atoms with Crippen LogP contribution in [0.2, 0.25) is 0 Å². The molecule has 3 aliphatic rings. The zero-order valence-electron chi connectivity index (χ0n) is 20.0. The predicted molar refractivity (Wildman–Crippen MR) is 141 cm³/mol. The monoisotopic (exact) mass is 471 g/mol. The lowest BCUT2D eigenvalue weighted by Gasteiger charge is -2.60. The zero-order valence-corrected chi connectivity index (χ0v) is 20.8. The van der Waals surface area contributed by atoms with Crippen LogP contribution in [0.3, 0.4) is 0 Å². The molecule has 3 nitrogen and oxygen atoms in total. The maximum atomic E-state index is 12.7. The number of benzene rings is 3. The molecule has 2 bridgehead atoms. The molecule has 34 heavy (non-hydrogen) atoms. The van der Waals surface area contributed by atoms with E-state index < -0.39 is 0 Å². The number of carbonyl (C=O) groups excluding carboxylic acids is 1. The van der Waals surface area contributed by atoms with E-state index in [9.17, 15) is 9.90 Å². The Balaban J connectivity index is 1.29. The molecule has 176 valence electrons. The highest BCUT2D eigenvalue weighted by Gasteiger charge is 2.54. The summed E-state index contributed by atoms with van der Waals surface area (Å²) in [5, 5.41) is 14.5. The molecular weight excluding hydrogens is 438 g/mol. The van der Waals surface area contributed by atoms with Crippen LogP contribution in [0, 0.1) is 17.3 Å². The Hall–Kier alpha value is -2.72. The second kappa shape index (κ2) is 9.50. The van der Waals surface area contributed by atoms with Crippen molar-refractivity contribution < 1.29 is 9.90 Å². The number of carbonyl (C=O) groups is 1. The number of phenols is 1. The van der Waals surface area contributed by atoms with Gasteiger partial charge in [0.1, 0.15) is 5.75 Å². The van der Waals surface area contributed by atoms with Gasteiger partial charge in [0.15, 0.2) is 0 Å². The van der Waals surface area contributed by atoms with Gasteiger partial charge in [-0.3, -0.25) is 4.79 Å². The number of hydrogen-bond donors (Lipinski definition) is 2. The van der Waals surface area contributed by atoms with Gasteiger partial charge in [-0.15, -0.1) is 11.8 Å². The van der Waals surface area contributed by atoms with Crippen molar-refractivity contribution in [2.75, 3.05) is 5.75 Å². The molecule has 0 aliphatic heterocycles. The molecular formula is C30H33NO2S. The number of hydrogen-bond acceptors (Lipinski definition) is 3. The second-order valence-electron chi connectivity index (χ2n) is 10.3. The summed E-state index contributed by atoms with van der Waals surface area (Å²) in [7, 11) is 0. The highest BCUT2D eigenvalue weighted by Crippen LogP contribution is 2.59. The fourth-order valence-electron chi connectivity index (χ4n) is 5.89. The lowest BCUT2D eigenvalue weighted by atomic mass is 9.47. The Labute approximate surface area is 207 Å². The molecule has 3 fully saturated rings. The fourth-order valence-corrected chi connectivity index (χ4v) is 6.82. The summed E-state index contributed by atoms with van der Waals surface area (Å²) >= 11 is 1.68. The minimum atomic E-state index is 0.156. The van der Waals surface area contributed by atoms with E-state index in [0.29, 0.717) is 35.3 Å². The molecule has 0 radical (unpaired) electrons. The molecule has 0 heterocycles. The van der Waals surface area contributed by atoms with E-state index >= 15 is 0 Å². The van der Waals surface area contributed by atoms with E-state index in [0.717, 1.165) is 39.5 Å². The van der Waals surface area contributed by atoms with Gasteiger partial charge in [0.05, 0.1) is 0 Å². The third-order valence-electron chi connectivity index (χ3n) is 8.06. The van der Waals surface area contributed by atoms with Gasteiger partial charge in [-0.25, -0.2) is 0 Å². The minimum Gasteiger partial charge on any atom is -0.507 e. The predicted octanol–water partition coefficient (Wildman–Crippen LogP) is 7.15. The topological polar surface area (TPSA) is 49.3 Å². The lowest BCUT2D eigenvalue weighted by molar-refractivity contribution is -0.128. The van der Waals surface area contributed by atoms with Crippen LogP contribution < -0.4 is 5.32 Å². The van der Waals surface area contributed by atoms with Crippen LogP contribution in [0.1, 0.15) is 39.5 Å². The van der Waals surface area contributed by atoms with Crippen molar-refractivity contribution in [3.05, 3.63) is 72.8 Å². The van der Waals surface area contributed by atoms with E-state index in [4.69, 9.17) is 0 Å². The molecule has 3 unspecified atom stereocenters. The molecule has 2 N–H and O–H groups in total. The quantitative estimate of drug-likeness (QED) is 0.360. The Morgan fingerprint density at radius 1 is 0.971 bits per heavy atom. The average molecular weight is 472 g/mol. The largest absolute Gasteiger partial charge is 0.507 e. The van der Waals surface area contributed by atoms with Crippen molar-refractivity contribution in [2.45, 2.75) is 50.5 Å². The first-order chi connectivity index (χ1) is 16.4. The van der Waals surface area contributed by atoms with Gasteiger partial charge in [-0.05, 0) is 59.8 Å². The van der Waals surface area contributed by atoms with Crippen LogP contribution >= 0.6 is 11.8 Å². The lowest BCUT2D eigenvalue weighted by Crippen LogP contribution is -2.59. The molecule has 3 atom stereocenters. The highest BCUT2D eigenvalue weighted by atomic mass is 32.2. The first-order valence-corrected chi connectivity index (χ1v) is 13.3. The molecule has 1 amide bonds. The first-order valence-electron chi connectivity index (χ1n) is 12.3. The Bertz CT molecular complexity index is 1100. The average Bonchev–Trinajstić information content (AvgIpc) is 2.86. The van der Waals surface area contributed by atoms with E-state index in [1.807, 2.05) is 72.8 Å². The van der Waals surface area contributed by atoms with Crippen molar-refractivity contribution >= 4 is 17.7 Å². The van der Waals surface area contributed by atoms with E-state index in [1.54, 1.807) is 11.8 Å². The van der Waals surface area contributed by atoms with Gasteiger partial charge < -0.3 is 10.4 Å². The summed E-state index contributed by atoms with van der Waals surface area (Å²) in [5.74, 6) is 2.62. The first kappa shape index (κ1) is 23.0. The highest BCUT2D eigenvalue weighted by molar-refractivity contribution is 7.99. The van der Waals surface area contributed by atoms with Gasteiger partial charge in [-0.1, -0.05) is 74.5 Å². The summed E-state index contributed by atoms with van der Waals surface area (Å²) in [4.78, 5) is 13.8. The number of aromatic hydroxyl groups is 1. The smallest absolute Gasteiger partial charge is 0.221 e. The number of nitrogens with one attached hydrogen (secondary N) is 1. The Morgan fingerprint density at radius 2 is 1.56 bits per heavy atom. The molecule has 0 saturated heterocycles. The Kier molecular flexibility index (Phi) is 6.44. The summed E-state index contributed by atoms with van der Waals surface area (Å²) in [6.45, 7) is 4.72. The Morgan fingerprint density at radius 3 is 2.09 bits per heavy atom. The van der Waals surface area contributed by atoms with E-state index in [-0.39, 0.29) is 5.91 Å². The van der Waals surface area contributed by atoms with Crippen LogP contribution in [-0.2, 0) is 4.79 Å². The fraction of sp³-hybridized carbons (Fsp3) is 0.367. The minimum absolute atomic E-state index is 0.156. The van der Waals surface area contributed by atoms with Crippen LogP contribution in [0.25, 0.3) is 22.3 Å². The molecule has 6 rings (SSSR count). The van der Waals surface area contributed by atoms with Crippen molar-refractivity contribution in [1.82, 2.24) is 5.32 Å². The van der Waals surface area contributed by atoms with Gasteiger partial charge in [-0.2, -0.15) is 0 Å². The summed E-state index contributed by atoms with van der Waals surface area (Å²) < 4.78 is 0. The van der Waals surface area contributed by atoms with Crippen molar-refractivity contribution in [3.8, 4) is 28.0 Å². The van der Waals surface area contributed by atoms with E-state index in [2.05, 4.69) is 19.2 Å². The van der Waals surface area contributed by atoms with Crippen molar-refractivity contribution in [3.63, 3.8) is 0 Å². The number of thioether (sulfide) groups is 1. The summed E-state index contributed by atoms with van der Waals surface area (Å²) in [5.41, 5.74) is 3.97. The number of phenolic OH excluding ortho intramolecular Hbond substituents is 1. The molecule has 3 aliphatic carbocycles. The van der Waals surface area contributed by atoms with Gasteiger partial charge in [0, 0.05) is 34.2 Å². The zero-order chi connectivity index (χ0) is 23.7. The van der Waals surface area contributed by atoms with Crippen LogP contribution in [-0.4, -0.2) is 22.8 Å². The normalized spacial score (nSPS) is 22.6. The maximum Gasteiger partial charge on any atom is 0.221 e. The molecule has 3 aromatic rings. The summed E-state index contributed by atoms with van der Waals surface area (Å²) in [6, 6.07) is 24.4. The molecule has 3 aromatic carbocycles. The molecule has 0 spiro atoms. The van der Waals surface area contributed by atoms with Gasteiger partial charge in [0.2, 0.25) is 5.91 Å². The maximum absolute atomic E-state index is 12.7. The molecule has 4 heteroatoms. The van der Waals surface area contributed by atoms with Crippen LogP contribution in [0.15, 0.2) is 77.7 Å². The van der Waals surface area contributed by atoms with Crippen LogP contribution in [0.4, 0.5) is 0 Å². The van der Waals surface area contributed by atoms with Crippen molar-refractivity contribution in [2.24, 2.45) is 17.3 Å². The van der Waals surface area contributed by atoms with Crippen LogP contribution in [0.5, 0.6) is 5.75 Å². The van der Waals surface area contributed by atoms with Gasteiger partial charge >= 0.3 is 0 Å².